The highest BCUT2D eigenvalue weighted by molar-refractivity contribution is 5.76. The van der Waals surface area contributed by atoms with Crippen LogP contribution < -0.4 is 10.1 Å². The van der Waals surface area contributed by atoms with Gasteiger partial charge in [-0.25, -0.2) is 0 Å². The van der Waals surface area contributed by atoms with Crippen LogP contribution in [0.3, 0.4) is 0 Å². The van der Waals surface area contributed by atoms with Crippen LogP contribution in [0.25, 0.3) is 0 Å². The number of rotatable bonds is 6. The van der Waals surface area contributed by atoms with Crippen molar-refractivity contribution in [1.29, 1.82) is 0 Å². The van der Waals surface area contributed by atoms with Crippen LogP contribution in [0.4, 0.5) is 0 Å². The molecule has 1 amide bonds. The lowest BCUT2D eigenvalue weighted by Gasteiger charge is -2.07. The minimum Gasteiger partial charge on any atom is -0.497 e. The molecule has 0 radical (unpaired) electrons. The summed E-state index contributed by atoms with van der Waals surface area (Å²) in [6.07, 6.45) is 1.29. The van der Waals surface area contributed by atoms with Crippen molar-refractivity contribution in [2.75, 3.05) is 7.11 Å². The molecule has 0 bridgehead atoms. The number of ether oxygens (including phenoxy) is 1. The lowest BCUT2D eigenvalue weighted by atomic mass is 10.0. The summed E-state index contributed by atoms with van der Waals surface area (Å²) in [5, 5.41) is 2.95. The van der Waals surface area contributed by atoms with Crippen LogP contribution in [-0.4, -0.2) is 13.0 Å². The Morgan fingerprint density at radius 1 is 1.00 bits per heavy atom. The van der Waals surface area contributed by atoms with E-state index in [4.69, 9.17) is 4.74 Å². The van der Waals surface area contributed by atoms with Crippen LogP contribution in [0.15, 0.2) is 42.5 Å². The molecule has 22 heavy (non-hydrogen) atoms. The van der Waals surface area contributed by atoms with Crippen LogP contribution in [0.1, 0.15) is 28.7 Å². The first kappa shape index (κ1) is 16.1. The third-order valence-corrected chi connectivity index (χ3v) is 3.86. The van der Waals surface area contributed by atoms with Crippen molar-refractivity contribution >= 4 is 5.91 Å². The molecule has 1 N–H and O–H groups in total. The highest BCUT2D eigenvalue weighted by atomic mass is 16.5. The van der Waals surface area contributed by atoms with Crippen molar-refractivity contribution in [1.82, 2.24) is 5.32 Å². The van der Waals surface area contributed by atoms with E-state index >= 15 is 0 Å². The fourth-order valence-electron chi connectivity index (χ4n) is 2.25. The summed E-state index contributed by atoms with van der Waals surface area (Å²) in [6, 6.07) is 14.1. The van der Waals surface area contributed by atoms with E-state index in [0.717, 1.165) is 17.7 Å². The van der Waals surface area contributed by atoms with Crippen molar-refractivity contribution in [2.24, 2.45) is 0 Å². The van der Waals surface area contributed by atoms with Gasteiger partial charge in [-0.05, 0) is 54.7 Å². The summed E-state index contributed by atoms with van der Waals surface area (Å²) >= 11 is 0. The second kappa shape index (κ2) is 7.64. The minimum atomic E-state index is 0.0778. The summed E-state index contributed by atoms with van der Waals surface area (Å²) in [4.78, 5) is 11.9. The predicted octanol–water partition coefficient (Wildman–Crippen LogP) is 3.56. The van der Waals surface area contributed by atoms with Crippen LogP contribution in [-0.2, 0) is 17.8 Å². The third kappa shape index (κ3) is 4.62. The highest BCUT2D eigenvalue weighted by Crippen LogP contribution is 2.12. The molecule has 2 aromatic rings. The molecule has 0 aromatic heterocycles. The molecule has 0 saturated carbocycles. The Bertz CT molecular complexity index is 632. The van der Waals surface area contributed by atoms with E-state index in [0.29, 0.717) is 13.0 Å². The molecule has 0 aliphatic rings. The third-order valence-electron chi connectivity index (χ3n) is 3.86. The first-order valence-electron chi connectivity index (χ1n) is 7.54. The van der Waals surface area contributed by atoms with Crippen LogP contribution in [0.5, 0.6) is 5.75 Å². The maximum Gasteiger partial charge on any atom is 0.220 e. The van der Waals surface area contributed by atoms with Gasteiger partial charge in [0.1, 0.15) is 5.75 Å². The van der Waals surface area contributed by atoms with Gasteiger partial charge in [-0.1, -0.05) is 30.3 Å². The Kier molecular flexibility index (Phi) is 5.59. The zero-order chi connectivity index (χ0) is 15.9. The van der Waals surface area contributed by atoms with Gasteiger partial charge in [0.25, 0.3) is 0 Å². The molecule has 2 rings (SSSR count). The van der Waals surface area contributed by atoms with Gasteiger partial charge in [0.05, 0.1) is 7.11 Å². The van der Waals surface area contributed by atoms with E-state index in [1.807, 2.05) is 24.3 Å². The smallest absolute Gasteiger partial charge is 0.220 e. The second-order valence-corrected chi connectivity index (χ2v) is 5.54. The van der Waals surface area contributed by atoms with Crippen LogP contribution in [0, 0.1) is 13.8 Å². The van der Waals surface area contributed by atoms with Gasteiger partial charge < -0.3 is 10.1 Å². The molecule has 0 spiro atoms. The van der Waals surface area contributed by atoms with Crippen LogP contribution >= 0.6 is 0 Å². The monoisotopic (exact) mass is 297 g/mol. The molecule has 0 heterocycles. The molecular weight excluding hydrogens is 274 g/mol. The number of hydrogen-bond acceptors (Lipinski definition) is 2. The second-order valence-electron chi connectivity index (χ2n) is 5.54. The minimum absolute atomic E-state index is 0.0778. The lowest BCUT2D eigenvalue weighted by molar-refractivity contribution is -0.121. The number of benzene rings is 2. The van der Waals surface area contributed by atoms with E-state index in [2.05, 4.69) is 37.4 Å². The Morgan fingerprint density at radius 2 is 1.68 bits per heavy atom. The topological polar surface area (TPSA) is 38.3 Å². The van der Waals surface area contributed by atoms with Crippen molar-refractivity contribution in [3.63, 3.8) is 0 Å². The molecule has 3 heteroatoms. The number of carbonyl (C=O) groups is 1. The predicted molar refractivity (Wildman–Crippen MR) is 89.1 cm³/mol. The number of methoxy groups -OCH3 is 1. The van der Waals surface area contributed by atoms with E-state index in [-0.39, 0.29) is 5.91 Å². The largest absolute Gasteiger partial charge is 0.497 e. The molecular formula is C19H23NO2. The number of hydrogen-bond donors (Lipinski definition) is 1. The number of nitrogens with one attached hydrogen (secondary N) is 1. The van der Waals surface area contributed by atoms with E-state index in [9.17, 15) is 4.79 Å². The Hall–Kier alpha value is -2.29. The van der Waals surface area contributed by atoms with Crippen molar-refractivity contribution < 1.29 is 9.53 Å². The summed E-state index contributed by atoms with van der Waals surface area (Å²) in [7, 11) is 1.64. The molecule has 0 atom stereocenters. The highest BCUT2D eigenvalue weighted by Gasteiger charge is 2.04. The molecule has 2 aromatic carbocycles. The zero-order valence-electron chi connectivity index (χ0n) is 13.5. The molecule has 116 valence electrons. The maximum atomic E-state index is 11.9. The van der Waals surface area contributed by atoms with Crippen LogP contribution in [0.2, 0.25) is 0 Å². The first-order chi connectivity index (χ1) is 10.6. The van der Waals surface area contributed by atoms with Gasteiger partial charge in [0.15, 0.2) is 0 Å². The molecule has 0 fully saturated rings. The zero-order valence-corrected chi connectivity index (χ0v) is 13.5. The standard InChI is InChI=1S/C19H23NO2/c1-14-4-5-16(12-15(14)2)8-11-19(21)20-13-17-6-9-18(22-3)10-7-17/h4-7,9-10,12H,8,11,13H2,1-3H3,(H,20,21). The van der Waals surface area contributed by atoms with E-state index < -0.39 is 0 Å². The van der Waals surface area contributed by atoms with E-state index in [1.165, 1.54) is 16.7 Å². The SMILES string of the molecule is COc1ccc(CNC(=O)CCc2ccc(C)c(C)c2)cc1. The molecule has 0 unspecified atom stereocenters. The first-order valence-corrected chi connectivity index (χ1v) is 7.54. The maximum absolute atomic E-state index is 11.9. The average molecular weight is 297 g/mol. The summed E-state index contributed by atoms with van der Waals surface area (Å²) in [5.74, 6) is 0.902. The van der Waals surface area contributed by atoms with Gasteiger partial charge in [-0.2, -0.15) is 0 Å². The molecule has 0 saturated heterocycles. The van der Waals surface area contributed by atoms with Gasteiger partial charge >= 0.3 is 0 Å². The number of carbonyl (C=O) groups excluding carboxylic acids is 1. The summed E-state index contributed by atoms with van der Waals surface area (Å²) in [6.45, 7) is 4.75. The fraction of sp³-hybridized carbons (Fsp3) is 0.316. The van der Waals surface area contributed by atoms with Gasteiger partial charge in [-0.15, -0.1) is 0 Å². The number of aryl methyl sites for hydroxylation is 3. The number of amides is 1. The lowest BCUT2D eigenvalue weighted by Crippen LogP contribution is -2.22. The van der Waals surface area contributed by atoms with Crippen molar-refractivity contribution in [2.45, 2.75) is 33.2 Å². The molecule has 3 nitrogen and oxygen atoms in total. The van der Waals surface area contributed by atoms with Gasteiger partial charge in [-0.3, -0.25) is 4.79 Å². The molecule has 0 aliphatic carbocycles. The normalized spacial score (nSPS) is 10.3. The van der Waals surface area contributed by atoms with Crippen molar-refractivity contribution in [3.8, 4) is 5.75 Å². The van der Waals surface area contributed by atoms with E-state index in [1.54, 1.807) is 7.11 Å². The Morgan fingerprint density at radius 3 is 2.32 bits per heavy atom. The Labute approximate surface area is 132 Å². The average Bonchev–Trinajstić information content (AvgIpc) is 2.54. The van der Waals surface area contributed by atoms with Crippen molar-refractivity contribution in [3.05, 3.63) is 64.7 Å². The Balaban J connectivity index is 1.78. The van der Waals surface area contributed by atoms with Gasteiger partial charge in [0.2, 0.25) is 5.91 Å². The molecule has 0 aliphatic heterocycles. The fourth-order valence-corrected chi connectivity index (χ4v) is 2.25. The summed E-state index contributed by atoms with van der Waals surface area (Å²) in [5.41, 5.74) is 4.84. The quantitative estimate of drug-likeness (QED) is 0.885. The summed E-state index contributed by atoms with van der Waals surface area (Å²) < 4.78 is 5.11. The van der Waals surface area contributed by atoms with Gasteiger partial charge in [0, 0.05) is 13.0 Å².